The Morgan fingerprint density at radius 2 is 1.97 bits per heavy atom. The largest absolute Gasteiger partial charge is 0.463 e. The second-order valence-electron chi connectivity index (χ2n) is 6.34. The van der Waals surface area contributed by atoms with Gasteiger partial charge in [-0.25, -0.2) is 9.86 Å². The lowest BCUT2D eigenvalue weighted by Gasteiger charge is -2.33. The fraction of sp³-hybridized carbons (Fsp3) is 0.200. The summed E-state index contributed by atoms with van der Waals surface area (Å²) in [6.45, 7) is 3.49. The molecular formula is C20H19N3O5S. The molecule has 0 aromatic heterocycles. The van der Waals surface area contributed by atoms with Crippen molar-refractivity contribution in [3.63, 3.8) is 0 Å². The molecule has 0 fully saturated rings. The summed E-state index contributed by atoms with van der Waals surface area (Å²) in [6.07, 6.45) is 0. The van der Waals surface area contributed by atoms with E-state index in [2.05, 4.69) is 5.32 Å². The number of hydrogen-bond donors (Lipinski definition) is 2. The Labute approximate surface area is 172 Å². The quantitative estimate of drug-likeness (QED) is 0.331. The normalized spacial score (nSPS) is 16.4. The fourth-order valence-electron chi connectivity index (χ4n) is 3.13. The van der Waals surface area contributed by atoms with Crippen LogP contribution in [0.1, 0.15) is 25.5 Å². The van der Waals surface area contributed by atoms with E-state index in [0.29, 0.717) is 0 Å². The molecule has 150 valence electrons. The molecule has 0 saturated carbocycles. The monoisotopic (exact) mass is 413 g/mol. The average molecular weight is 413 g/mol. The number of nitro groups is 1. The number of benzene rings is 2. The number of rotatable bonds is 5. The molecule has 1 aliphatic rings. The van der Waals surface area contributed by atoms with Crippen LogP contribution in [-0.2, 0) is 9.53 Å². The van der Waals surface area contributed by atoms with E-state index in [9.17, 15) is 20.1 Å². The van der Waals surface area contributed by atoms with Crippen molar-refractivity contribution >= 4 is 29.0 Å². The van der Waals surface area contributed by atoms with E-state index in [-0.39, 0.29) is 28.7 Å². The smallest absolute Gasteiger partial charge is 0.338 e. The zero-order valence-electron chi connectivity index (χ0n) is 15.8. The van der Waals surface area contributed by atoms with E-state index in [0.717, 1.165) is 21.8 Å². The minimum absolute atomic E-state index is 0.00962. The van der Waals surface area contributed by atoms with Crippen molar-refractivity contribution in [2.45, 2.75) is 19.9 Å². The highest BCUT2D eigenvalue weighted by Crippen LogP contribution is 2.33. The summed E-state index contributed by atoms with van der Waals surface area (Å²) in [6, 6.07) is 13.0. The molecule has 3 rings (SSSR count). The van der Waals surface area contributed by atoms with Crippen molar-refractivity contribution in [1.82, 2.24) is 10.4 Å². The van der Waals surface area contributed by atoms with Crippen LogP contribution in [0.2, 0.25) is 0 Å². The molecule has 1 unspecified atom stereocenters. The third kappa shape index (κ3) is 4.10. The number of non-ortho nitro benzene ring substituents is 1. The summed E-state index contributed by atoms with van der Waals surface area (Å²) in [7, 11) is 0. The number of hydrogen-bond acceptors (Lipinski definition) is 6. The molecule has 2 N–H and O–H groups in total. The molecule has 1 heterocycles. The van der Waals surface area contributed by atoms with Crippen LogP contribution in [0.4, 0.5) is 5.69 Å². The maximum atomic E-state index is 12.5. The number of nitrogens with zero attached hydrogens (tertiary/aromatic N) is 2. The summed E-state index contributed by atoms with van der Waals surface area (Å²) in [4.78, 5) is 22.9. The van der Waals surface area contributed by atoms with Gasteiger partial charge in [0.1, 0.15) is 0 Å². The molecular weight excluding hydrogens is 394 g/mol. The van der Waals surface area contributed by atoms with Gasteiger partial charge in [0.25, 0.3) is 5.69 Å². The van der Waals surface area contributed by atoms with Gasteiger partial charge in [-0.15, -0.1) is 0 Å². The first-order chi connectivity index (χ1) is 13.8. The lowest BCUT2D eigenvalue weighted by molar-refractivity contribution is -0.384. The zero-order chi connectivity index (χ0) is 21.1. The van der Waals surface area contributed by atoms with E-state index in [1.54, 1.807) is 26.0 Å². The number of nitrogens with one attached hydrogen (secondary N) is 1. The van der Waals surface area contributed by atoms with Crippen LogP contribution in [0.5, 0.6) is 0 Å². The van der Waals surface area contributed by atoms with E-state index >= 15 is 0 Å². The van der Waals surface area contributed by atoms with Gasteiger partial charge in [-0.3, -0.25) is 15.3 Å². The molecule has 1 aliphatic heterocycles. The van der Waals surface area contributed by atoms with Crippen LogP contribution in [0.15, 0.2) is 59.8 Å². The first-order valence-corrected chi connectivity index (χ1v) is 9.26. The van der Waals surface area contributed by atoms with Crippen LogP contribution < -0.4 is 5.32 Å². The molecule has 0 spiro atoms. The Morgan fingerprint density at radius 3 is 2.59 bits per heavy atom. The van der Waals surface area contributed by atoms with E-state index in [4.69, 9.17) is 17.0 Å². The van der Waals surface area contributed by atoms with Crippen molar-refractivity contribution in [2.24, 2.45) is 0 Å². The van der Waals surface area contributed by atoms with E-state index in [1.165, 1.54) is 12.1 Å². The van der Waals surface area contributed by atoms with Crippen molar-refractivity contribution in [3.8, 4) is 11.1 Å². The summed E-state index contributed by atoms with van der Waals surface area (Å²) < 4.78 is 5.16. The Hall–Kier alpha value is -3.30. The second-order valence-corrected chi connectivity index (χ2v) is 6.73. The Bertz CT molecular complexity index is 1000. The second kappa shape index (κ2) is 8.38. The van der Waals surface area contributed by atoms with Crippen molar-refractivity contribution in [1.29, 1.82) is 0 Å². The van der Waals surface area contributed by atoms with Gasteiger partial charge in [0.05, 0.1) is 28.8 Å². The number of allylic oxidation sites excluding steroid dienone is 1. The van der Waals surface area contributed by atoms with Gasteiger partial charge >= 0.3 is 5.97 Å². The minimum atomic E-state index is -0.608. The Morgan fingerprint density at radius 1 is 1.28 bits per heavy atom. The summed E-state index contributed by atoms with van der Waals surface area (Å²) in [5.74, 6) is -0.551. The lowest BCUT2D eigenvalue weighted by atomic mass is 9.93. The van der Waals surface area contributed by atoms with Crippen molar-refractivity contribution < 1.29 is 19.7 Å². The minimum Gasteiger partial charge on any atom is -0.463 e. The number of ether oxygens (including phenoxy) is 1. The first-order valence-electron chi connectivity index (χ1n) is 8.85. The van der Waals surface area contributed by atoms with Crippen molar-refractivity contribution in [3.05, 3.63) is 75.5 Å². The molecule has 0 amide bonds. The topological polar surface area (TPSA) is 105 Å². The number of nitro benzene ring substituents is 1. The zero-order valence-corrected chi connectivity index (χ0v) is 16.6. The van der Waals surface area contributed by atoms with Crippen LogP contribution in [0, 0.1) is 10.1 Å². The first kappa shape index (κ1) is 20.4. The van der Waals surface area contributed by atoms with Gasteiger partial charge in [-0.2, -0.15) is 0 Å². The molecule has 0 bridgehead atoms. The number of esters is 1. The van der Waals surface area contributed by atoms with Crippen LogP contribution in [0.3, 0.4) is 0 Å². The van der Waals surface area contributed by atoms with Gasteiger partial charge in [-0.05, 0) is 61.0 Å². The predicted molar refractivity (Wildman–Crippen MR) is 110 cm³/mol. The SMILES string of the molecule is CCOC(=O)C1=C(C)N(O)C(=S)NC1c1cccc(-c2ccc([N+](=O)[O-])cc2)c1. The average Bonchev–Trinajstić information content (AvgIpc) is 2.72. The van der Waals surface area contributed by atoms with Gasteiger partial charge in [0.2, 0.25) is 0 Å². The molecule has 1 atom stereocenters. The van der Waals surface area contributed by atoms with Crippen LogP contribution in [-0.4, -0.2) is 32.9 Å². The number of carbonyl (C=O) groups is 1. The summed E-state index contributed by atoms with van der Waals surface area (Å²) in [5.41, 5.74) is 2.89. The van der Waals surface area contributed by atoms with Gasteiger partial charge < -0.3 is 10.1 Å². The molecule has 29 heavy (non-hydrogen) atoms. The van der Waals surface area contributed by atoms with Crippen molar-refractivity contribution in [2.75, 3.05) is 6.61 Å². The third-order valence-electron chi connectivity index (χ3n) is 4.58. The highest BCUT2D eigenvalue weighted by molar-refractivity contribution is 7.80. The molecule has 0 radical (unpaired) electrons. The highest BCUT2D eigenvalue weighted by Gasteiger charge is 2.34. The summed E-state index contributed by atoms with van der Waals surface area (Å²) >= 11 is 5.17. The summed E-state index contributed by atoms with van der Waals surface area (Å²) in [5, 5.41) is 24.8. The molecule has 0 aliphatic carbocycles. The van der Waals surface area contributed by atoms with Gasteiger partial charge in [0.15, 0.2) is 5.11 Å². The number of hydroxylamine groups is 2. The Kier molecular flexibility index (Phi) is 5.90. The molecule has 2 aromatic rings. The van der Waals surface area contributed by atoms with Crippen LogP contribution >= 0.6 is 12.2 Å². The van der Waals surface area contributed by atoms with E-state index in [1.807, 2.05) is 24.3 Å². The number of thiocarbonyl (C=S) groups is 1. The van der Waals surface area contributed by atoms with Gasteiger partial charge in [-0.1, -0.05) is 18.2 Å². The standard InChI is InChI=1S/C20H19N3O5S/c1-3-28-19(24)17-12(2)22(25)20(29)21-18(17)15-6-4-5-14(11-15)13-7-9-16(10-8-13)23(26)27/h4-11,18,25H,3H2,1-2H3,(H,21,29). The molecule has 9 heteroatoms. The molecule has 8 nitrogen and oxygen atoms in total. The van der Waals surface area contributed by atoms with Gasteiger partial charge in [0, 0.05) is 12.1 Å². The number of carbonyl (C=O) groups excluding carboxylic acids is 1. The fourth-order valence-corrected chi connectivity index (χ4v) is 3.38. The molecule has 0 saturated heterocycles. The lowest BCUT2D eigenvalue weighted by Crippen LogP contribution is -2.46. The highest BCUT2D eigenvalue weighted by atomic mass is 32.1. The maximum absolute atomic E-state index is 12.5. The van der Waals surface area contributed by atoms with E-state index < -0.39 is 16.9 Å². The predicted octanol–water partition coefficient (Wildman–Crippen LogP) is 3.72. The third-order valence-corrected chi connectivity index (χ3v) is 4.87. The Balaban J connectivity index is 2.02. The van der Waals surface area contributed by atoms with Crippen LogP contribution in [0.25, 0.3) is 11.1 Å². The maximum Gasteiger partial charge on any atom is 0.338 e. The molecule has 2 aromatic carbocycles.